The molecular formula is C17H24N6O. The van der Waals surface area contributed by atoms with Gasteiger partial charge in [0.15, 0.2) is 5.96 Å². The molecule has 0 aromatic carbocycles. The Hall–Kier alpha value is -2.57. The predicted molar refractivity (Wildman–Crippen MR) is 92.7 cm³/mol. The molecular weight excluding hydrogens is 304 g/mol. The van der Waals surface area contributed by atoms with E-state index < -0.39 is 0 Å². The molecule has 2 N–H and O–H groups in total. The molecule has 0 atom stereocenters. The molecule has 2 aromatic rings. The Morgan fingerprint density at radius 2 is 2.12 bits per heavy atom. The smallest absolute Gasteiger partial charge is 0.213 e. The second-order valence-electron chi connectivity index (χ2n) is 5.98. The Morgan fingerprint density at radius 1 is 1.29 bits per heavy atom. The molecule has 1 saturated carbocycles. The van der Waals surface area contributed by atoms with E-state index in [0.29, 0.717) is 19.0 Å². The maximum Gasteiger partial charge on any atom is 0.213 e. The second-order valence-corrected chi connectivity index (χ2v) is 5.98. The summed E-state index contributed by atoms with van der Waals surface area (Å²) in [4.78, 5) is 8.57. The van der Waals surface area contributed by atoms with Crippen LogP contribution in [0.1, 0.15) is 24.1 Å². The van der Waals surface area contributed by atoms with Crippen molar-refractivity contribution in [3.63, 3.8) is 0 Å². The molecule has 24 heavy (non-hydrogen) atoms. The van der Waals surface area contributed by atoms with Gasteiger partial charge in [0.2, 0.25) is 5.88 Å². The van der Waals surface area contributed by atoms with Gasteiger partial charge in [-0.05, 0) is 30.4 Å². The van der Waals surface area contributed by atoms with E-state index in [1.807, 2.05) is 36.1 Å². The van der Waals surface area contributed by atoms with Crippen molar-refractivity contribution in [2.24, 2.45) is 18.0 Å². The lowest BCUT2D eigenvalue weighted by molar-refractivity contribution is 0.288. The fourth-order valence-corrected chi connectivity index (χ4v) is 2.24. The minimum Gasteiger partial charge on any atom is -0.477 e. The highest BCUT2D eigenvalue weighted by atomic mass is 16.5. The third kappa shape index (κ3) is 4.71. The van der Waals surface area contributed by atoms with E-state index in [9.17, 15) is 0 Å². The average Bonchev–Trinajstić information content (AvgIpc) is 3.35. The number of guanidine groups is 1. The first kappa shape index (κ1) is 16.3. The first-order valence-corrected chi connectivity index (χ1v) is 8.23. The van der Waals surface area contributed by atoms with Crippen LogP contribution in [0.15, 0.2) is 35.6 Å². The second kappa shape index (κ2) is 7.81. The van der Waals surface area contributed by atoms with Crippen LogP contribution in [-0.2, 0) is 20.1 Å². The number of rotatable bonds is 7. The molecule has 0 bridgehead atoms. The number of aromatic nitrogens is 3. The monoisotopic (exact) mass is 328 g/mol. The molecule has 1 aliphatic carbocycles. The molecule has 7 nitrogen and oxygen atoms in total. The largest absolute Gasteiger partial charge is 0.477 e. The van der Waals surface area contributed by atoms with Gasteiger partial charge < -0.3 is 15.4 Å². The van der Waals surface area contributed by atoms with Gasteiger partial charge in [-0.25, -0.2) is 4.98 Å². The maximum absolute atomic E-state index is 5.65. The van der Waals surface area contributed by atoms with E-state index in [-0.39, 0.29) is 0 Å². The molecule has 1 aliphatic rings. The Balaban J connectivity index is 1.43. The van der Waals surface area contributed by atoms with Gasteiger partial charge >= 0.3 is 0 Å². The molecule has 2 heterocycles. The van der Waals surface area contributed by atoms with Gasteiger partial charge in [0.25, 0.3) is 0 Å². The zero-order chi connectivity index (χ0) is 16.8. The Bertz CT molecular complexity index is 675. The van der Waals surface area contributed by atoms with Gasteiger partial charge in [-0.15, -0.1) is 0 Å². The van der Waals surface area contributed by atoms with Crippen LogP contribution in [0, 0.1) is 5.92 Å². The third-order valence-electron chi connectivity index (χ3n) is 4.00. The summed E-state index contributed by atoms with van der Waals surface area (Å²) in [7, 11) is 3.68. The van der Waals surface area contributed by atoms with Crippen molar-refractivity contribution in [2.75, 3.05) is 13.7 Å². The molecule has 0 unspecified atom stereocenters. The van der Waals surface area contributed by atoms with Gasteiger partial charge in [-0.3, -0.25) is 9.67 Å². The standard InChI is InChI=1S/C17H24N6O/c1-18-17(21-11-15-7-8-22-23(15)2)20-10-14-5-6-16(19-9-14)24-12-13-3-4-13/h5-9,13H,3-4,10-12H2,1-2H3,(H2,18,20,21). The van der Waals surface area contributed by atoms with Crippen LogP contribution >= 0.6 is 0 Å². The van der Waals surface area contributed by atoms with Gasteiger partial charge in [-0.2, -0.15) is 5.10 Å². The van der Waals surface area contributed by atoms with Gasteiger partial charge in [0, 0.05) is 39.1 Å². The van der Waals surface area contributed by atoms with Gasteiger partial charge in [0.05, 0.1) is 18.8 Å². The molecule has 0 aliphatic heterocycles. The van der Waals surface area contributed by atoms with Crippen molar-refractivity contribution in [3.05, 3.63) is 41.9 Å². The van der Waals surface area contributed by atoms with E-state index in [0.717, 1.165) is 29.7 Å². The molecule has 0 saturated heterocycles. The maximum atomic E-state index is 5.65. The summed E-state index contributed by atoms with van der Waals surface area (Å²) in [5.41, 5.74) is 2.18. The van der Waals surface area contributed by atoms with Gasteiger partial charge in [-0.1, -0.05) is 6.07 Å². The quantitative estimate of drug-likeness (QED) is 0.594. The molecule has 0 amide bonds. The normalized spacial score (nSPS) is 14.5. The van der Waals surface area contributed by atoms with Crippen LogP contribution in [-0.4, -0.2) is 34.4 Å². The molecule has 3 rings (SSSR count). The lowest BCUT2D eigenvalue weighted by Gasteiger charge is -2.12. The van der Waals surface area contributed by atoms with Gasteiger partial charge in [0.1, 0.15) is 0 Å². The zero-order valence-corrected chi connectivity index (χ0v) is 14.2. The van der Waals surface area contributed by atoms with Crippen molar-refractivity contribution in [1.29, 1.82) is 0 Å². The number of nitrogens with one attached hydrogen (secondary N) is 2. The first-order chi connectivity index (χ1) is 11.7. The number of pyridine rings is 1. The summed E-state index contributed by atoms with van der Waals surface area (Å²) in [6.45, 7) is 2.11. The number of nitrogens with zero attached hydrogens (tertiary/aromatic N) is 4. The average molecular weight is 328 g/mol. The van der Waals surface area contributed by atoms with Crippen LogP contribution in [0.2, 0.25) is 0 Å². The number of hydrogen-bond donors (Lipinski definition) is 2. The lowest BCUT2D eigenvalue weighted by atomic mass is 10.3. The van der Waals surface area contributed by atoms with Crippen LogP contribution in [0.5, 0.6) is 5.88 Å². The SMILES string of the molecule is CN=C(NCc1ccc(OCC2CC2)nc1)NCc1ccnn1C. The highest BCUT2D eigenvalue weighted by molar-refractivity contribution is 5.79. The summed E-state index contributed by atoms with van der Waals surface area (Å²) in [6.07, 6.45) is 6.19. The molecule has 7 heteroatoms. The van der Waals surface area contributed by atoms with Crippen LogP contribution in [0.4, 0.5) is 0 Å². The van der Waals surface area contributed by atoms with E-state index in [1.54, 1.807) is 13.2 Å². The van der Waals surface area contributed by atoms with Crippen LogP contribution < -0.4 is 15.4 Å². The minimum absolute atomic E-state index is 0.654. The number of aryl methyl sites for hydroxylation is 1. The zero-order valence-electron chi connectivity index (χ0n) is 14.2. The first-order valence-electron chi connectivity index (χ1n) is 8.23. The van der Waals surface area contributed by atoms with Crippen molar-refractivity contribution < 1.29 is 4.74 Å². The molecule has 128 valence electrons. The third-order valence-corrected chi connectivity index (χ3v) is 4.00. The van der Waals surface area contributed by atoms with E-state index in [1.165, 1.54) is 12.8 Å². The number of ether oxygens (including phenoxy) is 1. The number of aliphatic imine (C=N–C) groups is 1. The van der Waals surface area contributed by atoms with E-state index in [4.69, 9.17) is 4.74 Å². The van der Waals surface area contributed by atoms with Crippen molar-refractivity contribution in [2.45, 2.75) is 25.9 Å². The summed E-state index contributed by atoms with van der Waals surface area (Å²) in [5.74, 6) is 2.18. The van der Waals surface area contributed by atoms with Crippen molar-refractivity contribution >= 4 is 5.96 Å². The van der Waals surface area contributed by atoms with Crippen LogP contribution in [0.25, 0.3) is 0 Å². The Kier molecular flexibility index (Phi) is 5.30. The highest BCUT2D eigenvalue weighted by Gasteiger charge is 2.21. The fourth-order valence-electron chi connectivity index (χ4n) is 2.24. The summed E-state index contributed by atoms with van der Waals surface area (Å²) in [6, 6.07) is 5.92. The van der Waals surface area contributed by atoms with E-state index in [2.05, 4.69) is 25.7 Å². The molecule has 2 aromatic heterocycles. The predicted octanol–water partition coefficient (Wildman–Crippen LogP) is 1.47. The minimum atomic E-state index is 0.654. The Labute approximate surface area is 142 Å². The fraction of sp³-hybridized carbons (Fsp3) is 0.471. The topological polar surface area (TPSA) is 76.4 Å². The highest BCUT2D eigenvalue weighted by Crippen LogP contribution is 2.29. The summed E-state index contributed by atoms with van der Waals surface area (Å²) < 4.78 is 7.48. The van der Waals surface area contributed by atoms with Crippen molar-refractivity contribution in [1.82, 2.24) is 25.4 Å². The van der Waals surface area contributed by atoms with E-state index >= 15 is 0 Å². The van der Waals surface area contributed by atoms with Crippen LogP contribution in [0.3, 0.4) is 0 Å². The Morgan fingerprint density at radius 3 is 2.75 bits per heavy atom. The van der Waals surface area contributed by atoms with Crippen molar-refractivity contribution in [3.8, 4) is 5.88 Å². The molecule has 0 radical (unpaired) electrons. The number of hydrogen-bond acceptors (Lipinski definition) is 4. The molecule has 0 spiro atoms. The summed E-state index contributed by atoms with van der Waals surface area (Å²) >= 11 is 0. The summed E-state index contributed by atoms with van der Waals surface area (Å²) in [5, 5.41) is 10.7. The molecule has 1 fully saturated rings. The lowest BCUT2D eigenvalue weighted by Crippen LogP contribution is -2.36.